The summed E-state index contributed by atoms with van der Waals surface area (Å²) in [6.07, 6.45) is 1.60. The fourth-order valence-electron chi connectivity index (χ4n) is 2.36. The number of aryl methyl sites for hydroxylation is 1. The molecule has 108 valence electrons. The molecule has 1 aliphatic heterocycles. The van der Waals surface area contributed by atoms with E-state index in [1.54, 1.807) is 12.1 Å². The Bertz CT molecular complexity index is 726. The van der Waals surface area contributed by atoms with E-state index in [1.807, 2.05) is 0 Å². The minimum atomic E-state index is -1.64. The fraction of sp³-hybridized carbons (Fsp3) is 0.188. The first-order chi connectivity index (χ1) is 10.1. The van der Waals surface area contributed by atoms with Crippen molar-refractivity contribution in [2.45, 2.75) is 12.8 Å². The molecule has 1 aliphatic rings. The monoisotopic (exact) mass is 292 g/mol. The second kappa shape index (κ2) is 5.24. The van der Waals surface area contributed by atoms with Crippen molar-refractivity contribution in [3.63, 3.8) is 0 Å². The maximum atomic E-state index is 13.7. The van der Waals surface area contributed by atoms with Crippen LogP contribution in [0.25, 0.3) is 0 Å². The van der Waals surface area contributed by atoms with Crippen LogP contribution in [0.1, 0.15) is 27.9 Å². The number of carbonyl (C=O) groups is 1. The van der Waals surface area contributed by atoms with E-state index < -0.39 is 28.8 Å². The summed E-state index contributed by atoms with van der Waals surface area (Å²) in [5, 5.41) is 0. The van der Waals surface area contributed by atoms with Crippen LogP contribution in [-0.2, 0) is 6.42 Å². The summed E-state index contributed by atoms with van der Waals surface area (Å²) in [5.41, 5.74) is 0.602. The fourth-order valence-corrected chi connectivity index (χ4v) is 2.36. The number of carbonyl (C=O) groups excluding carboxylic acids is 1. The van der Waals surface area contributed by atoms with E-state index >= 15 is 0 Å². The van der Waals surface area contributed by atoms with E-state index in [1.165, 1.54) is 6.07 Å². The average Bonchev–Trinajstić information content (AvgIpc) is 2.52. The average molecular weight is 292 g/mol. The van der Waals surface area contributed by atoms with Crippen LogP contribution in [0.15, 0.2) is 30.3 Å². The number of ether oxygens (including phenoxy) is 1. The third-order valence-corrected chi connectivity index (χ3v) is 3.45. The van der Waals surface area contributed by atoms with Gasteiger partial charge in [0.25, 0.3) is 0 Å². The molecule has 5 heteroatoms. The second-order valence-electron chi connectivity index (χ2n) is 4.83. The summed E-state index contributed by atoms with van der Waals surface area (Å²) in [4.78, 5) is 12.2. The van der Waals surface area contributed by atoms with Gasteiger partial charge >= 0.3 is 0 Å². The van der Waals surface area contributed by atoms with Gasteiger partial charge in [0, 0.05) is 5.56 Å². The number of halogens is 3. The van der Waals surface area contributed by atoms with Crippen LogP contribution in [0.3, 0.4) is 0 Å². The Morgan fingerprint density at radius 3 is 2.67 bits per heavy atom. The number of ketones is 1. The van der Waals surface area contributed by atoms with Crippen molar-refractivity contribution < 1.29 is 22.7 Å². The number of hydrogen-bond acceptors (Lipinski definition) is 2. The Morgan fingerprint density at radius 1 is 1.05 bits per heavy atom. The summed E-state index contributed by atoms with van der Waals surface area (Å²) < 4.78 is 45.2. The zero-order valence-corrected chi connectivity index (χ0v) is 11.0. The molecule has 0 unspecified atom stereocenters. The van der Waals surface area contributed by atoms with Crippen molar-refractivity contribution in [3.05, 3.63) is 64.5 Å². The van der Waals surface area contributed by atoms with Crippen LogP contribution in [-0.4, -0.2) is 12.4 Å². The van der Waals surface area contributed by atoms with Gasteiger partial charge in [0.1, 0.15) is 5.75 Å². The third kappa shape index (κ3) is 2.39. The summed E-state index contributed by atoms with van der Waals surface area (Å²) in [5.74, 6) is -4.40. The Kier molecular flexibility index (Phi) is 3.41. The normalized spacial score (nSPS) is 13.5. The number of hydrogen-bond donors (Lipinski definition) is 0. The maximum Gasteiger partial charge on any atom is 0.196 e. The molecule has 2 nitrogen and oxygen atoms in total. The number of benzene rings is 2. The lowest BCUT2D eigenvalue weighted by molar-refractivity contribution is 0.103. The molecule has 0 spiro atoms. The summed E-state index contributed by atoms with van der Waals surface area (Å²) in [6, 6.07) is 6.43. The molecular formula is C16H11F3O2. The van der Waals surface area contributed by atoms with Crippen molar-refractivity contribution in [2.24, 2.45) is 0 Å². The van der Waals surface area contributed by atoms with Crippen molar-refractivity contribution in [2.75, 3.05) is 6.61 Å². The predicted molar refractivity (Wildman–Crippen MR) is 70.0 cm³/mol. The molecule has 2 aromatic carbocycles. The molecule has 0 fully saturated rings. The van der Waals surface area contributed by atoms with Crippen LogP contribution in [0.2, 0.25) is 0 Å². The minimum absolute atomic E-state index is 0.226. The van der Waals surface area contributed by atoms with Gasteiger partial charge in [-0.1, -0.05) is 0 Å². The highest BCUT2D eigenvalue weighted by molar-refractivity contribution is 6.09. The van der Waals surface area contributed by atoms with E-state index in [4.69, 9.17) is 4.74 Å². The molecule has 0 radical (unpaired) electrons. The van der Waals surface area contributed by atoms with Gasteiger partial charge < -0.3 is 4.74 Å². The zero-order valence-electron chi connectivity index (χ0n) is 11.0. The highest BCUT2D eigenvalue weighted by Crippen LogP contribution is 2.27. The Morgan fingerprint density at radius 2 is 1.86 bits per heavy atom. The molecule has 0 saturated carbocycles. The first-order valence-corrected chi connectivity index (χ1v) is 6.52. The second-order valence-corrected chi connectivity index (χ2v) is 4.83. The molecule has 0 saturated heterocycles. The summed E-state index contributed by atoms with van der Waals surface area (Å²) in [7, 11) is 0. The van der Waals surface area contributed by atoms with Crippen LogP contribution in [0.4, 0.5) is 13.2 Å². The molecule has 0 atom stereocenters. The molecule has 0 aliphatic carbocycles. The third-order valence-electron chi connectivity index (χ3n) is 3.45. The molecule has 0 bridgehead atoms. The van der Waals surface area contributed by atoms with Crippen molar-refractivity contribution >= 4 is 5.78 Å². The molecular weight excluding hydrogens is 281 g/mol. The standard InChI is InChI=1S/C16H11F3O2/c17-12-5-4-11(14(18)15(12)19)16(20)10-3-6-13-9(8-10)2-1-7-21-13/h3-6,8H,1-2,7H2. The van der Waals surface area contributed by atoms with E-state index in [9.17, 15) is 18.0 Å². The first kappa shape index (κ1) is 13.7. The van der Waals surface area contributed by atoms with Gasteiger partial charge in [0.05, 0.1) is 12.2 Å². The summed E-state index contributed by atoms with van der Waals surface area (Å²) >= 11 is 0. The highest BCUT2D eigenvalue weighted by Gasteiger charge is 2.21. The molecule has 0 aromatic heterocycles. The van der Waals surface area contributed by atoms with Gasteiger partial charge in [-0.25, -0.2) is 13.2 Å². The molecule has 2 aromatic rings. The van der Waals surface area contributed by atoms with Crippen LogP contribution in [0.5, 0.6) is 5.75 Å². The molecule has 0 amide bonds. The number of fused-ring (bicyclic) bond motifs is 1. The summed E-state index contributed by atoms with van der Waals surface area (Å²) in [6.45, 7) is 0.623. The van der Waals surface area contributed by atoms with Crippen LogP contribution in [0, 0.1) is 17.5 Å². The van der Waals surface area contributed by atoms with E-state index in [-0.39, 0.29) is 5.56 Å². The van der Waals surface area contributed by atoms with Gasteiger partial charge in [-0.15, -0.1) is 0 Å². The largest absolute Gasteiger partial charge is 0.493 e. The van der Waals surface area contributed by atoms with Crippen molar-refractivity contribution in [1.29, 1.82) is 0 Å². The van der Waals surface area contributed by atoms with Crippen molar-refractivity contribution in [3.8, 4) is 5.75 Å². The van der Waals surface area contributed by atoms with Gasteiger partial charge in [-0.05, 0) is 48.7 Å². The Hall–Kier alpha value is -2.30. The first-order valence-electron chi connectivity index (χ1n) is 6.52. The van der Waals surface area contributed by atoms with E-state index in [0.29, 0.717) is 12.4 Å². The Balaban J connectivity index is 2.01. The molecule has 3 rings (SSSR count). The Labute approximate surface area is 119 Å². The molecule has 1 heterocycles. The lowest BCUT2D eigenvalue weighted by atomic mass is 9.97. The van der Waals surface area contributed by atoms with Gasteiger partial charge in [-0.3, -0.25) is 4.79 Å². The highest BCUT2D eigenvalue weighted by atomic mass is 19.2. The van der Waals surface area contributed by atoms with Gasteiger partial charge in [0.15, 0.2) is 23.2 Å². The van der Waals surface area contributed by atoms with E-state index in [2.05, 4.69) is 0 Å². The zero-order chi connectivity index (χ0) is 15.0. The number of rotatable bonds is 2. The van der Waals surface area contributed by atoms with Gasteiger partial charge in [-0.2, -0.15) is 0 Å². The minimum Gasteiger partial charge on any atom is -0.493 e. The van der Waals surface area contributed by atoms with E-state index in [0.717, 1.165) is 30.5 Å². The van der Waals surface area contributed by atoms with Crippen molar-refractivity contribution in [1.82, 2.24) is 0 Å². The quantitative estimate of drug-likeness (QED) is 0.623. The predicted octanol–water partition coefficient (Wildman–Crippen LogP) is 3.66. The van der Waals surface area contributed by atoms with Gasteiger partial charge in [0.2, 0.25) is 0 Å². The molecule has 21 heavy (non-hydrogen) atoms. The van der Waals surface area contributed by atoms with Crippen LogP contribution < -0.4 is 4.74 Å². The topological polar surface area (TPSA) is 26.3 Å². The lowest BCUT2D eigenvalue weighted by Gasteiger charge is -2.17. The SMILES string of the molecule is O=C(c1ccc2c(c1)CCCO2)c1ccc(F)c(F)c1F. The maximum absolute atomic E-state index is 13.7. The lowest BCUT2D eigenvalue weighted by Crippen LogP contribution is -2.11. The smallest absolute Gasteiger partial charge is 0.196 e. The molecule has 0 N–H and O–H groups in total. The van der Waals surface area contributed by atoms with Crippen LogP contribution >= 0.6 is 0 Å².